The summed E-state index contributed by atoms with van der Waals surface area (Å²) in [4.78, 5) is 26.6. The molecule has 7 nitrogen and oxygen atoms in total. The van der Waals surface area contributed by atoms with Gasteiger partial charge in [-0.15, -0.1) is 0 Å². The van der Waals surface area contributed by atoms with Gasteiger partial charge < -0.3 is 24.3 Å². The monoisotopic (exact) mass is 444 g/mol. The Hall–Kier alpha value is -2.06. The fourth-order valence-corrected chi connectivity index (χ4v) is 3.82. The molecule has 0 aliphatic carbocycles. The topological polar surface area (TPSA) is 77.1 Å². The van der Waals surface area contributed by atoms with Gasteiger partial charge in [0.2, 0.25) is 5.91 Å². The largest absolute Gasteiger partial charge is 0.494 e. The summed E-state index contributed by atoms with van der Waals surface area (Å²) in [6, 6.07) is 7.72. The zero-order chi connectivity index (χ0) is 23.7. The van der Waals surface area contributed by atoms with Crippen LogP contribution in [0.2, 0.25) is 0 Å². The van der Waals surface area contributed by atoms with E-state index in [0.717, 1.165) is 23.9 Å². The van der Waals surface area contributed by atoms with E-state index >= 15 is 0 Å². The lowest BCUT2D eigenvalue weighted by molar-refractivity contribution is -0.121. The van der Waals surface area contributed by atoms with Gasteiger partial charge in [0.05, 0.1) is 17.6 Å². The highest BCUT2D eigenvalue weighted by atomic mass is 16.7. The lowest BCUT2D eigenvalue weighted by atomic mass is 9.79. The maximum atomic E-state index is 12.6. The summed E-state index contributed by atoms with van der Waals surface area (Å²) in [5.74, 6) is -0.0515. The van der Waals surface area contributed by atoms with Crippen molar-refractivity contribution in [3.63, 3.8) is 0 Å². The number of nitrogens with zero attached hydrogens (tertiary/aromatic N) is 1. The van der Waals surface area contributed by atoms with Crippen LogP contribution in [0.1, 0.15) is 66.9 Å². The van der Waals surface area contributed by atoms with Crippen LogP contribution in [-0.4, -0.2) is 60.0 Å². The summed E-state index contributed by atoms with van der Waals surface area (Å²) in [5, 5.41) is 3.07. The van der Waals surface area contributed by atoms with Crippen molar-refractivity contribution in [2.45, 2.75) is 90.6 Å². The number of rotatable bonds is 4. The van der Waals surface area contributed by atoms with Crippen molar-refractivity contribution in [1.82, 2.24) is 10.2 Å². The quantitative estimate of drug-likeness (QED) is 0.723. The zero-order valence-electron chi connectivity index (χ0n) is 20.5. The predicted octanol–water partition coefficient (Wildman–Crippen LogP) is 3.04. The Morgan fingerprint density at radius 1 is 1.12 bits per heavy atom. The molecule has 3 rings (SSSR count). The first kappa shape index (κ1) is 24.6. The lowest BCUT2D eigenvalue weighted by Gasteiger charge is -2.34. The maximum Gasteiger partial charge on any atom is 0.494 e. The van der Waals surface area contributed by atoms with Gasteiger partial charge in [-0.1, -0.05) is 24.3 Å². The van der Waals surface area contributed by atoms with Crippen LogP contribution in [0.25, 0.3) is 0 Å². The summed E-state index contributed by atoms with van der Waals surface area (Å²) >= 11 is 0. The average Bonchev–Trinajstić information content (AvgIpc) is 2.88. The first-order valence-electron chi connectivity index (χ1n) is 11.5. The number of carbonyl (C=O) groups is 2. The van der Waals surface area contributed by atoms with Gasteiger partial charge in [0.25, 0.3) is 0 Å². The molecule has 1 aromatic carbocycles. The highest BCUT2D eigenvalue weighted by Gasteiger charge is 2.51. The van der Waals surface area contributed by atoms with Crippen molar-refractivity contribution < 1.29 is 23.6 Å². The van der Waals surface area contributed by atoms with Crippen LogP contribution in [0, 0.1) is 0 Å². The smallest absolute Gasteiger partial charge is 0.444 e. The molecule has 2 fully saturated rings. The van der Waals surface area contributed by atoms with E-state index in [1.807, 2.05) is 72.7 Å². The fourth-order valence-electron chi connectivity index (χ4n) is 3.82. The van der Waals surface area contributed by atoms with Crippen LogP contribution in [0.5, 0.6) is 0 Å². The Balaban J connectivity index is 1.51. The molecule has 0 aromatic heterocycles. The standard InChI is InChI=1S/C24H37BN2O5/c1-22(2,3)30-21(29)27-14-8-9-19(16-27)26-20(28)15-17-10-12-18(13-11-17)25-31-23(4,5)24(6,7)32-25/h10-13,19H,8-9,14-16H2,1-7H3,(H,26,28)/t19-/m0/s1. The van der Waals surface area contributed by atoms with Crippen molar-refractivity contribution in [2.24, 2.45) is 0 Å². The Morgan fingerprint density at radius 3 is 2.28 bits per heavy atom. The Labute approximate surface area is 192 Å². The number of likely N-dealkylation sites (tertiary alicyclic amines) is 1. The molecule has 0 spiro atoms. The second-order valence-electron chi connectivity index (χ2n) is 10.8. The molecule has 1 aromatic rings. The van der Waals surface area contributed by atoms with Crippen LogP contribution < -0.4 is 10.8 Å². The number of hydrogen-bond donors (Lipinski definition) is 1. The number of benzene rings is 1. The predicted molar refractivity (Wildman–Crippen MR) is 125 cm³/mol. The van der Waals surface area contributed by atoms with Crippen molar-refractivity contribution in [2.75, 3.05) is 13.1 Å². The highest BCUT2D eigenvalue weighted by Crippen LogP contribution is 2.36. The Bertz CT molecular complexity index is 816. The molecule has 2 aliphatic heterocycles. The van der Waals surface area contributed by atoms with E-state index in [-0.39, 0.29) is 35.7 Å². The van der Waals surface area contributed by atoms with Crippen molar-refractivity contribution >= 4 is 24.6 Å². The third-order valence-corrected chi connectivity index (χ3v) is 6.31. The molecule has 1 N–H and O–H groups in total. The molecule has 2 amide bonds. The van der Waals surface area contributed by atoms with E-state index in [4.69, 9.17) is 14.0 Å². The highest BCUT2D eigenvalue weighted by molar-refractivity contribution is 6.62. The summed E-state index contributed by atoms with van der Waals surface area (Å²) in [6.07, 6.45) is 1.65. The molecule has 2 aliphatic rings. The molecule has 2 heterocycles. The SMILES string of the molecule is CC(C)(C)OC(=O)N1CCC[C@H](NC(=O)Cc2ccc(B3OC(C)(C)C(C)(C)O3)cc2)C1. The molecule has 0 unspecified atom stereocenters. The first-order chi connectivity index (χ1) is 14.8. The van der Waals surface area contributed by atoms with Crippen molar-refractivity contribution in [3.8, 4) is 0 Å². The third-order valence-electron chi connectivity index (χ3n) is 6.31. The minimum absolute atomic E-state index is 0.0515. The fraction of sp³-hybridized carbons (Fsp3) is 0.667. The number of amides is 2. The van der Waals surface area contributed by atoms with E-state index in [0.29, 0.717) is 13.1 Å². The minimum Gasteiger partial charge on any atom is -0.444 e. The molecule has 0 radical (unpaired) electrons. The van der Waals surface area contributed by atoms with E-state index in [9.17, 15) is 9.59 Å². The maximum absolute atomic E-state index is 12.6. The molecule has 32 heavy (non-hydrogen) atoms. The van der Waals surface area contributed by atoms with Gasteiger partial charge in [0, 0.05) is 19.1 Å². The second-order valence-corrected chi connectivity index (χ2v) is 10.8. The van der Waals surface area contributed by atoms with Gasteiger partial charge in [0.1, 0.15) is 5.60 Å². The lowest BCUT2D eigenvalue weighted by Crippen LogP contribution is -2.51. The molecule has 176 valence electrons. The van der Waals surface area contributed by atoms with Crippen LogP contribution in [-0.2, 0) is 25.3 Å². The van der Waals surface area contributed by atoms with Crippen molar-refractivity contribution in [1.29, 1.82) is 0 Å². The molecule has 0 saturated carbocycles. The van der Waals surface area contributed by atoms with Gasteiger partial charge in [-0.25, -0.2) is 4.79 Å². The molecule has 8 heteroatoms. The van der Waals surface area contributed by atoms with Crippen LogP contribution in [0.3, 0.4) is 0 Å². The summed E-state index contributed by atoms with van der Waals surface area (Å²) < 4.78 is 17.6. The van der Waals surface area contributed by atoms with Gasteiger partial charge in [-0.05, 0) is 72.3 Å². The summed E-state index contributed by atoms with van der Waals surface area (Å²) in [7, 11) is -0.413. The number of piperidine rings is 1. The zero-order valence-corrected chi connectivity index (χ0v) is 20.5. The van der Waals surface area contributed by atoms with E-state index < -0.39 is 12.7 Å². The minimum atomic E-state index is -0.528. The molecule has 2 saturated heterocycles. The van der Waals surface area contributed by atoms with Crippen molar-refractivity contribution in [3.05, 3.63) is 29.8 Å². The van der Waals surface area contributed by atoms with Gasteiger partial charge in [-0.2, -0.15) is 0 Å². The number of carbonyl (C=O) groups excluding carboxylic acids is 2. The van der Waals surface area contributed by atoms with E-state index in [2.05, 4.69) is 5.32 Å². The molecule has 0 bridgehead atoms. The normalized spacial score (nSPS) is 22.5. The number of hydrogen-bond acceptors (Lipinski definition) is 5. The van der Waals surface area contributed by atoms with E-state index in [1.165, 1.54) is 0 Å². The Kier molecular flexibility index (Phi) is 6.96. The van der Waals surface area contributed by atoms with E-state index in [1.54, 1.807) is 4.90 Å². The summed E-state index contributed by atoms with van der Waals surface area (Å²) in [5.41, 5.74) is 0.558. The average molecular weight is 444 g/mol. The number of nitrogens with one attached hydrogen (secondary N) is 1. The van der Waals surface area contributed by atoms with Gasteiger partial charge in [-0.3, -0.25) is 4.79 Å². The third kappa shape index (κ3) is 6.04. The first-order valence-corrected chi connectivity index (χ1v) is 11.5. The Morgan fingerprint density at radius 2 is 1.72 bits per heavy atom. The molecule has 1 atom stereocenters. The van der Waals surface area contributed by atoms with Crippen LogP contribution in [0.15, 0.2) is 24.3 Å². The van der Waals surface area contributed by atoms with Gasteiger partial charge in [0.15, 0.2) is 0 Å². The van der Waals surface area contributed by atoms with Gasteiger partial charge >= 0.3 is 13.2 Å². The number of ether oxygens (including phenoxy) is 1. The molecular formula is C24H37BN2O5. The second kappa shape index (κ2) is 9.06. The molecular weight excluding hydrogens is 407 g/mol. The van der Waals surface area contributed by atoms with Crippen LogP contribution in [0.4, 0.5) is 4.79 Å². The summed E-state index contributed by atoms with van der Waals surface area (Å²) in [6.45, 7) is 14.8. The van der Waals surface area contributed by atoms with Crippen LogP contribution >= 0.6 is 0 Å².